The fourth-order valence-corrected chi connectivity index (χ4v) is 3.96. The molecular weight excluding hydrogens is 300 g/mol. The molecule has 22 heavy (non-hydrogen) atoms. The van der Waals surface area contributed by atoms with Gasteiger partial charge in [0, 0.05) is 22.6 Å². The predicted octanol–water partition coefficient (Wildman–Crippen LogP) is 3.21. The highest BCUT2D eigenvalue weighted by atomic mass is 32.2. The highest BCUT2D eigenvalue weighted by Crippen LogP contribution is 2.34. The minimum atomic E-state index is -3.36. The second kappa shape index (κ2) is 5.50. The van der Waals surface area contributed by atoms with E-state index in [0.717, 1.165) is 5.56 Å². The summed E-state index contributed by atoms with van der Waals surface area (Å²) in [6.45, 7) is 2.07. The number of fused-ring (bicyclic) bond motifs is 1. The van der Waals surface area contributed by atoms with E-state index < -0.39 is 9.84 Å². The van der Waals surface area contributed by atoms with Gasteiger partial charge in [-0.15, -0.1) is 0 Å². The average molecular weight is 316 g/mol. The molecule has 0 aliphatic carbocycles. The molecule has 0 unspecified atom stereocenters. The van der Waals surface area contributed by atoms with Crippen LogP contribution in [0.25, 0.3) is 5.57 Å². The van der Waals surface area contributed by atoms with Crippen LogP contribution in [0.4, 0.5) is 0 Å². The highest BCUT2D eigenvalue weighted by Gasteiger charge is 2.27. The molecule has 1 aliphatic rings. The first-order valence-corrected chi connectivity index (χ1v) is 8.38. The molecule has 1 heterocycles. The van der Waals surface area contributed by atoms with Crippen LogP contribution in [0.1, 0.15) is 11.1 Å². The molecule has 0 atom stereocenters. The van der Waals surface area contributed by atoms with Crippen molar-refractivity contribution in [3.05, 3.63) is 59.0 Å². The average Bonchev–Trinajstić information content (AvgIpc) is 2.76. The maximum Gasteiger partial charge on any atom is 0.200 e. The van der Waals surface area contributed by atoms with Gasteiger partial charge in [-0.25, -0.2) is 8.42 Å². The van der Waals surface area contributed by atoms with Crippen LogP contribution in [0, 0.1) is 6.92 Å². The van der Waals surface area contributed by atoms with Gasteiger partial charge in [0.2, 0.25) is 9.84 Å². The van der Waals surface area contributed by atoms with Gasteiger partial charge in [0.15, 0.2) is 0 Å². The Balaban J connectivity index is 1.85. The van der Waals surface area contributed by atoms with Crippen molar-refractivity contribution in [2.24, 2.45) is 0 Å². The number of aryl methyl sites for hydroxylation is 1. The molecule has 0 radical (unpaired) electrons. The van der Waals surface area contributed by atoms with E-state index in [1.807, 2.05) is 37.3 Å². The van der Waals surface area contributed by atoms with Crippen LogP contribution < -0.4 is 9.47 Å². The molecule has 114 valence electrons. The Morgan fingerprint density at radius 3 is 2.59 bits per heavy atom. The van der Waals surface area contributed by atoms with Gasteiger partial charge in [-0.1, -0.05) is 18.2 Å². The maximum atomic E-state index is 12.2. The minimum Gasteiger partial charge on any atom is -0.497 e. The summed E-state index contributed by atoms with van der Waals surface area (Å²) >= 11 is 0. The van der Waals surface area contributed by atoms with E-state index in [1.165, 1.54) is 5.41 Å². The summed E-state index contributed by atoms with van der Waals surface area (Å²) in [6, 6.07) is 12.6. The highest BCUT2D eigenvalue weighted by molar-refractivity contribution is 7.95. The molecule has 0 aromatic heterocycles. The van der Waals surface area contributed by atoms with Gasteiger partial charge in [-0.2, -0.15) is 0 Å². The van der Waals surface area contributed by atoms with Crippen LogP contribution in [-0.4, -0.2) is 22.1 Å². The first-order valence-electron chi connectivity index (χ1n) is 6.83. The molecule has 0 bridgehead atoms. The number of ether oxygens (including phenoxy) is 2. The third-order valence-corrected chi connectivity index (χ3v) is 5.07. The summed E-state index contributed by atoms with van der Waals surface area (Å²) in [7, 11) is -1.77. The second-order valence-corrected chi connectivity index (χ2v) is 6.92. The van der Waals surface area contributed by atoms with Crippen LogP contribution in [0.15, 0.2) is 52.8 Å². The topological polar surface area (TPSA) is 52.6 Å². The van der Waals surface area contributed by atoms with Crippen molar-refractivity contribution in [2.45, 2.75) is 11.8 Å². The first kappa shape index (κ1) is 14.7. The molecule has 0 amide bonds. The Kier molecular flexibility index (Phi) is 3.66. The van der Waals surface area contributed by atoms with Crippen molar-refractivity contribution in [3.8, 4) is 11.5 Å². The number of sulfone groups is 1. The monoisotopic (exact) mass is 316 g/mol. The number of benzene rings is 2. The molecule has 0 N–H and O–H groups in total. The second-order valence-electron chi connectivity index (χ2n) is 5.16. The minimum absolute atomic E-state index is 0.197. The molecule has 2 aromatic rings. The fraction of sp³-hybridized carbons (Fsp3) is 0.176. The Morgan fingerprint density at radius 1 is 1.05 bits per heavy atom. The van der Waals surface area contributed by atoms with Crippen LogP contribution in [-0.2, 0) is 9.84 Å². The van der Waals surface area contributed by atoms with E-state index in [9.17, 15) is 8.42 Å². The quantitative estimate of drug-likeness (QED) is 0.869. The van der Waals surface area contributed by atoms with Crippen LogP contribution in [0.2, 0.25) is 0 Å². The van der Waals surface area contributed by atoms with Gasteiger partial charge in [0.25, 0.3) is 0 Å². The zero-order chi connectivity index (χ0) is 15.7. The number of rotatable bonds is 4. The molecule has 2 aromatic carbocycles. The van der Waals surface area contributed by atoms with E-state index in [-0.39, 0.29) is 6.61 Å². The van der Waals surface area contributed by atoms with E-state index in [0.29, 0.717) is 27.5 Å². The van der Waals surface area contributed by atoms with E-state index in [2.05, 4.69) is 0 Å². The lowest BCUT2D eigenvalue weighted by Gasteiger charge is -2.09. The van der Waals surface area contributed by atoms with Gasteiger partial charge in [-0.3, -0.25) is 0 Å². The van der Waals surface area contributed by atoms with Crippen molar-refractivity contribution in [1.29, 1.82) is 0 Å². The third-order valence-electron chi connectivity index (χ3n) is 3.52. The number of methoxy groups -OCH3 is 1. The van der Waals surface area contributed by atoms with Gasteiger partial charge >= 0.3 is 0 Å². The molecule has 1 aliphatic heterocycles. The largest absolute Gasteiger partial charge is 0.497 e. The van der Waals surface area contributed by atoms with Crippen molar-refractivity contribution < 1.29 is 17.9 Å². The van der Waals surface area contributed by atoms with Gasteiger partial charge < -0.3 is 9.47 Å². The molecule has 3 rings (SSSR count). The van der Waals surface area contributed by atoms with Crippen LogP contribution in [0.3, 0.4) is 0 Å². The summed E-state index contributed by atoms with van der Waals surface area (Å²) in [5.41, 5.74) is 2.30. The molecule has 0 spiro atoms. The zero-order valence-corrected chi connectivity index (χ0v) is 13.2. The fourth-order valence-electron chi connectivity index (χ4n) is 2.41. The smallest absolute Gasteiger partial charge is 0.200 e. The molecule has 5 heteroatoms. The SMILES string of the molecule is COc1cccc(OCC2=CS(=O)(=O)c3cc(C)ccc32)c1. The lowest BCUT2D eigenvalue weighted by Crippen LogP contribution is -2.00. The van der Waals surface area contributed by atoms with Gasteiger partial charge in [-0.05, 0) is 30.7 Å². The van der Waals surface area contributed by atoms with Crippen molar-refractivity contribution in [1.82, 2.24) is 0 Å². The lowest BCUT2D eigenvalue weighted by molar-refractivity contribution is 0.363. The third kappa shape index (κ3) is 2.72. The van der Waals surface area contributed by atoms with Crippen molar-refractivity contribution in [2.75, 3.05) is 13.7 Å². The maximum absolute atomic E-state index is 12.2. The number of hydrogen-bond donors (Lipinski definition) is 0. The first-order chi connectivity index (χ1) is 10.5. The van der Waals surface area contributed by atoms with Crippen molar-refractivity contribution >= 4 is 15.4 Å². The summed E-state index contributed by atoms with van der Waals surface area (Å²) in [5, 5.41) is 1.29. The van der Waals surface area contributed by atoms with E-state index >= 15 is 0 Å². The van der Waals surface area contributed by atoms with E-state index in [1.54, 1.807) is 19.2 Å². The number of hydrogen-bond acceptors (Lipinski definition) is 4. The zero-order valence-electron chi connectivity index (χ0n) is 12.4. The molecule has 4 nitrogen and oxygen atoms in total. The summed E-state index contributed by atoms with van der Waals surface area (Å²) in [5.74, 6) is 1.33. The summed E-state index contributed by atoms with van der Waals surface area (Å²) in [6.07, 6.45) is 0. The Bertz CT molecular complexity index is 851. The van der Waals surface area contributed by atoms with Gasteiger partial charge in [0.1, 0.15) is 18.1 Å². The predicted molar refractivity (Wildman–Crippen MR) is 84.8 cm³/mol. The van der Waals surface area contributed by atoms with Crippen LogP contribution in [0.5, 0.6) is 11.5 Å². The summed E-state index contributed by atoms with van der Waals surface area (Å²) in [4.78, 5) is 0.358. The Labute approximate surface area is 129 Å². The molecule has 0 fully saturated rings. The van der Waals surface area contributed by atoms with Crippen molar-refractivity contribution in [3.63, 3.8) is 0 Å². The Hall–Kier alpha value is -2.27. The lowest BCUT2D eigenvalue weighted by atomic mass is 10.1. The summed E-state index contributed by atoms with van der Waals surface area (Å²) < 4.78 is 35.2. The molecular formula is C17H16O4S. The van der Waals surface area contributed by atoms with E-state index in [4.69, 9.17) is 9.47 Å². The Morgan fingerprint density at radius 2 is 1.82 bits per heavy atom. The van der Waals surface area contributed by atoms with Crippen LogP contribution >= 0.6 is 0 Å². The standard InChI is InChI=1S/C17H16O4S/c1-12-6-7-16-13(11-22(18,19)17(16)8-12)10-21-15-5-3-4-14(9-15)20-2/h3-9,11H,10H2,1-2H3. The molecule has 0 saturated heterocycles. The molecule has 0 saturated carbocycles. The van der Waals surface area contributed by atoms with Gasteiger partial charge in [0.05, 0.1) is 12.0 Å². The normalized spacial score (nSPS) is 15.1.